The molecule has 0 aliphatic heterocycles. The van der Waals surface area contributed by atoms with Crippen LogP contribution < -0.4 is 0 Å². The van der Waals surface area contributed by atoms with E-state index in [1.165, 1.54) is 0 Å². The Morgan fingerprint density at radius 1 is 1.14 bits per heavy atom. The van der Waals surface area contributed by atoms with Crippen LogP contribution >= 0.6 is 0 Å². The third-order valence-corrected chi connectivity index (χ3v) is 4.79. The maximum Gasteiger partial charge on any atom is 0.168 e. The van der Waals surface area contributed by atoms with Crippen LogP contribution in [-0.4, -0.2) is 16.5 Å². The number of fused-ring (bicyclic) bond motifs is 1. The summed E-state index contributed by atoms with van der Waals surface area (Å²) in [5.74, 6) is -0.474. The van der Waals surface area contributed by atoms with Gasteiger partial charge in [-0.15, -0.1) is 0 Å². The first kappa shape index (κ1) is 13.7. The molecule has 1 atom stereocenters. The zero-order valence-corrected chi connectivity index (χ0v) is 12.2. The Morgan fingerprint density at radius 2 is 1.81 bits per heavy atom. The topological polar surface area (TPSA) is 57.5 Å². The molecule has 1 unspecified atom stereocenters. The number of aromatic hydroxyl groups is 2. The zero-order valence-electron chi connectivity index (χ0n) is 12.2. The average Bonchev–Trinajstić information content (AvgIpc) is 2.86. The molecule has 0 heterocycles. The lowest BCUT2D eigenvalue weighted by atomic mass is 9.75. The van der Waals surface area contributed by atoms with Crippen LogP contribution in [0.4, 0.5) is 0 Å². The smallest absolute Gasteiger partial charge is 0.168 e. The van der Waals surface area contributed by atoms with Gasteiger partial charge in [0.1, 0.15) is 0 Å². The van der Waals surface area contributed by atoms with E-state index in [1.807, 2.05) is 18.2 Å². The summed E-state index contributed by atoms with van der Waals surface area (Å²) in [5, 5.41) is 20.2. The van der Waals surface area contributed by atoms with E-state index in [0.717, 1.165) is 29.5 Å². The molecule has 0 radical (unpaired) electrons. The van der Waals surface area contributed by atoms with Crippen LogP contribution in [0.25, 0.3) is 0 Å². The van der Waals surface area contributed by atoms with E-state index in [4.69, 9.17) is 0 Å². The number of rotatable bonds is 2. The van der Waals surface area contributed by atoms with Gasteiger partial charge in [-0.25, -0.2) is 0 Å². The minimum atomic E-state index is -0.293. The summed E-state index contributed by atoms with van der Waals surface area (Å²) in [6, 6.07) is 10.1. The summed E-state index contributed by atoms with van der Waals surface area (Å²) >= 11 is 0. The fourth-order valence-electron chi connectivity index (χ4n) is 3.66. The predicted octanol–water partition coefficient (Wildman–Crippen LogP) is 3.47. The summed E-state index contributed by atoms with van der Waals surface area (Å²) in [4.78, 5) is 11.3. The molecule has 21 heavy (non-hydrogen) atoms. The van der Waals surface area contributed by atoms with Crippen molar-refractivity contribution in [1.29, 1.82) is 0 Å². The molecule has 2 aromatic rings. The highest BCUT2D eigenvalue weighted by atomic mass is 16.3. The molecule has 1 aliphatic rings. The van der Waals surface area contributed by atoms with E-state index in [1.54, 1.807) is 6.92 Å². The number of benzene rings is 2. The highest BCUT2D eigenvalue weighted by Gasteiger charge is 2.40. The lowest BCUT2D eigenvalue weighted by Gasteiger charge is -2.28. The van der Waals surface area contributed by atoms with Crippen molar-refractivity contribution in [2.75, 3.05) is 0 Å². The molecule has 0 amide bonds. The normalized spacial score (nSPS) is 20.3. The number of aldehydes is 1. The maximum absolute atomic E-state index is 11.3. The number of carbonyl (C=O) groups excluding carboxylic acids is 1. The van der Waals surface area contributed by atoms with Crippen LogP contribution in [0.5, 0.6) is 11.5 Å². The van der Waals surface area contributed by atoms with Gasteiger partial charge in [-0.1, -0.05) is 37.3 Å². The van der Waals surface area contributed by atoms with Crippen LogP contribution in [0.2, 0.25) is 0 Å². The molecule has 0 fully saturated rings. The van der Waals surface area contributed by atoms with Crippen molar-refractivity contribution in [3.05, 3.63) is 58.1 Å². The van der Waals surface area contributed by atoms with E-state index in [-0.39, 0.29) is 22.5 Å². The molecule has 108 valence electrons. The summed E-state index contributed by atoms with van der Waals surface area (Å²) in [6.45, 7) is 3.93. The lowest BCUT2D eigenvalue weighted by Crippen LogP contribution is -2.21. The second kappa shape index (κ2) is 4.62. The van der Waals surface area contributed by atoms with Crippen LogP contribution in [0.1, 0.15) is 46.0 Å². The van der Waals surface area contributed by atoms with Gasteiger partial charge < -0.3 is 10.2 Å². The first-order chi connectivity index (χ1) is 10.0. The molecule has 0 saturated carbocycles. The molecule has 2 N–H and O–H groups in total. The summed E-state index contributed by atoms with van der Waals surface area (Å²) in [7, 11) is 0. The average molecular weight is 282 g/mol. The molecule has 0 bridgehead atoms. The number of hydrogen-bond donors (Lipinski definition) is 2. The lowest BCUT2D eigenvalue weighted by molar-refractivity contribution is 0.111. The molecule has 0 saturated heterocycles. The fraction of sp³-hybridized carbons (Fsp3) is 0.278. The van der Waals surface area contributed by atoms with Gasteiger partial charge in [-0.3, -0.25) is 4.79 Å². The summed E-state index contributed by atoms with van der Waals surface area (Å²) in [5.41, 5.74) is 3.65. The molecular weight excluding hydrogens is 264 g/mol. The van der Waals surface area contributed by atoms with E-state index < -0.39 is 0 Å². The highest BCUT2D eigenvalue weighted by Crippen LogP contribution is 2.51. The Morgan fingerprint density at radius 3 is 2.43 bits per heavy atom. The Balaban J connectivity index is 2.33. The molecule has 3 heteroatoms. The molecule has 2 aromatic carbocycles. The van der Waals surface area contributed by atoms with E-state index in [2.05, 4.69) is 19.1 Å². The molecule has 1 aliphatic carbocycles. The molecule has 3 nitrogen and oxygen atoms in total. The summed E-state index contributed by atoms with van der Waals surface area (Å²) in [6.07, 6.45) is 2.23. The fourth-order valence-corrected chi connectivity index (χ4v) is 3.66. The molecule has 0 aromatic heterocycles. The molecule has 3 rings (SSSR count). The van der Waals surface area contributed by atoms with Crippen LogP contribution in [-0.2, 0) is 11.8 Å². The Bertz CT molecular complexity index is 719. The first-order valence-corrected chi connectivity index (χ1v) is 7.09. The number of phenolic OH excluding ortho intramolecular Hbond substituents is 2. The van der Waals surface area contributed by atoms with Crippen molar-refractivity contribution in [2.24, 2.45) is 0 Å². The van der Waals surface area contributed by atoms with E-state index >= 15 is 0 Å². The Hall–Kier alpha value is -2.29. The number of hydrogen-bond acceptors (Lipinski definition) is 3. The van der Waals surface area contributed by atoms with Crippen LogP contribution in [0, 0.1) is 6.92 Å². The van der Waals surface area contributed by atoms with Gasteiger partial charge in [-0.05, 0) is 42.0 Å². The Kier molecular flexibility index (Phi) is 3.01. The van der Waals surface area contributed by atoms with Gasteiger partial charge >= 0.3 is 0 Å². The monoisotopic (exact) mass is 282 g/mol. The van der Waals surface area contributed by atoms with Gasteiger partial charge in [-0.2, -0.15) is 0 Å². The van der Waals surface area contributed by atoms with Crippen molar-refractivity contribution in [2.45, 2.75) is 32.1 Å². The number of phenols is 2. The predicted molar refractivity (Wildman–Crippen MR) is 81.1 cm³/mol. The zero-order chi connectivity index (χ0) is 15.2. The Labute approximate surface area is 123 Å². The molecular formula is C18H18O3. The number of carbonyl (C=O) groups is 1. The minimum Gasteiger partial charge on any atom is -0.504 e. The van der Waals surface area contributed by atoms with Crippen LogP contribution in [0.3, 0.4) is 0 Å². The largest absolute Gasteiger partial charge is 0.504 e. The minimum absolute atomic E-state index is 0.181. The summed E-state index contributed by atoms with van der Waals surface area (Å²) < 4.78 is 0. The second-order valence-electron chi connectivity index (χ2n) is 5.91. The quantitative estimate of drug-likeness (QED) is 0.655. The van der Waals surface area contributed by atoms with Gasteiger partial charge in [0.25, 0.3) is 0 Å². The SMILES string of the molecule is Cc1c(O)c(O)c(C=O)c2c1C(C)(c1ccccc1)CC2. The second-order valence-corrected chi connectivity index (χ2v) is 5.91. The standard InChI is InChI=1S/C18H18O3/c1-11-15-13(14(10-19)17(21)16(11)20)8-9-18(15,2)12-6-4-3-5-7-12/h3-7,10,20-21H,8-9H2,1-2H3. The maximum atomic E-state index is 11.3. The van der Waals surface area contributed by atoms with Crippen molar-refractivity contribution < 1.29 is 15.0 Å². The van der Waals surface area contributed by atoms with E-state index in [0.29, 0.717) is 11.8 Å². The van der Waals surface area contributed by atoms with Gasteiger partial charge in [0.05, 0.1) is 5.56 Å². The van der Waals surface area contributed by atoms with Crippen molar-refractivity contribution in [1.82, 2.24) is 0 Å². The third kappa shape index (κ3) is 1.77. The van der Waals surface area contributed by atoms with E-state index in [9.17, 15) is 15.0 Å². The van der Waals surface area contributed by atoms with Crippen molar-refractivity contribution >= 4 is 6.29 Å². The van der Waals surface area contributed by atoms with Crippen LogP contribution in [0.15, 0.2) is 30.3 Å². The van der Waals surface area contributed by atoms with Gasteiger partial charge in [0, 0.05) is 5.41 Å². The van der Waals surface area contributed by atoms with Crippen molar-refractivity contribution in [3.8, 4) is 11.5 Å². The first-order valence-electron chi connectivity index (χ1n) is 7.09. The van der Waals surface area contributed by atoms with Gasteiger partial charge in [0.2, 0.25) is 0 Å². The van der Waals surface area contributed by atoms with Crippen molar-refractivity contribution in [3.63, 3.8) is 0 Å². The third-order valence-electron chi connectivity index (χ3n) is 4.79. The van der Waals surface area contributed by atoms with Gasteiger partial charge in [0.15, 0.2) is 17.8 Å². The molecule has 0 spiro atoms. The highest BCUT2D eigenvalue weighted by molar-refractivity contribution is 5.86.